The van der Waals surface area contributed by atoms with Gasteiger partial charge < -0.3 is 9.47 Å². The number of ether oxygens (including phenoxy) is 2. The summed E-state index contributed by atoms with van der Waals surface area (Å²) in [4.78, 5) is 13.5. The minimum absolute atomic E-state index is 0.104. The van der Waals surface area contributed by atoms with E-state index in [0.29, 0.717) is 29.8 Å². The molecule has 0 aromatic heterocycles. The summed E-state index contributed by atoms with van der Waals surface area (Å²) in [5.41, 5.74) is -0.195. The van der Waals surface area contributed by atoms with E-state index in [-0.39, 0.29) is 11.5 Å². The lowest BCUT2D eigenvalue weighted by Crippen LogP contribution is -2.42. The molecule has 2 fully saturated rings. The molecule has 3 nitrogen and oxygen atoms in total. The number of rotatable bonds is 4. The molecule has 2 aliphatic heterocycles. The predicted molar refractivity (Wildman–Crippen MR) is 84.0 cm³/mol. The highest BCUT2D eigenvalue weighted by Gasteiger charge is 2.42. The van der Waals surface area contributed by atoms with Crippen molar-refractivity contribution in [2.45, 2.75) is 29.8 Å². The highest BCUT2D eigenvalue weighted by molar-refractivity contribution is 8.00. The Morgan fingerprint density at radius 2 is 2.33 bits per heavy atom. The van der Waals surface area contributed by atoms with Gasteiger partial charge >= 0.3 is 0 Å². The Labute approximate surface area is 134 Å². The molecule has 2 unspecified atom stereocenters. The first-order valence-corrected chi connectivity index (χ1v) is 8.66. The molecule has 5 heteroatoms. The van der Waals surface area contributed by atoms with Crippen molar-refractivity contribution in [2.75, 3.05) is 25.6 Å². The molecule has 0 radical (unpaired) electrons. The van der Waals surface area contributed by atoms with E-state index in [0.717, 1.165) is 30.8 Å². The van der Waals surface area contributed by atoms with Crippen LogP contribution in [0.5, 0.6) is 0 Å². The van der Waals surface area contributed by atoms with Crippen LogP contribution in [0.2, 0.25) is 5.02 Å². The van der Waals surface area contributed by atoms with Gasteiger partial charge in [-0.1, -0.05) is 17.7 Å². The average molecular weight is 327 g/mol. The van der Waals surface area contributed by atoms with Crippen molar-refractivity contribution >= 4 is 29.1 Å². The smallest absolute Gasteiger partial charge is 0.146 e. The normalized spacial score (nSPS) is 28.9. The monoisotopic (exact) mass is 326 g/mol. The lowest BCUT2D eigenvalue weighted by molar-refractivity contribution is -0.134. The Morgan fingerprint density at radius 1 is 1.43 bits per heavy atom. The number of hydrogen-bond donors (Lipinski definition) is 0. The number of Topliss-reactive ketones (excluding diaryl/α,β-unsaturated/α-hetero) is 1. The molecule has 2 saturated heterocycles. The number of hydrogen-bond acceptors (Lipinski definition) is 4. The summed E-state index contributed by atoms with van der Waals surface area (Å²) in [6.07, 6.45) is 2.55. The van der Waals surface area contributed by atoms with E-state index in [1.807, 2.05) is 24.3 Å². The number of thioether (sulfide) groups is 1. The average Bonchev–Trinajstić information content (AvgIpc) is 2.93. The molecule has 3 rings (SSSR count). The van der Waals surface area contributed by atoms with Crippen molar-refractivity contribution in [2.24, 2.45) is 5.92 Å². The molecule has 0 bridgehead atoms. The maximum Gasteiger partial charge on any atom is 0.146 e. The quantitative estimate of drug-likeness (QED) is 0.792. The second-order valence-corrected chi connectivity index (χ2v) is 7.22. The van der Waals surface area contributed by atoms with Crippen LogP contribution in [-0.4, -0.2) is 37.0 Å². The summed E-state index contributed by atoms with van der Waals surface area (Å²) < 4.78 is 11.3. The van der Waals surface area contributed by atoms with Gasteiger partial charge in [0.2, 0.25) is 0 Å². The summed E-state index contributed by atoms with van der Waals surface area (Å²) >= 11 is 7.52. The van der Waals surface area contributed by atoms with Crippen molar-refractivity contribution in [3.8, 4) is 0 Å². The van der Waals surface area contributed by atoms with Gasteiger partial charge in [-0.2, -0.15) is 0 Å². The largest absolute Gasteiger partial charge is 0.378 e. The maximum atomic E-state index is 12.4. The first-order chi connectivity index (χ1) is 10.2. The topological polar surface area (TPSA) is 35.5 Å². The Bertz CT molecular complexity index is 514. The number of carbonyl (C=O) groups excluding carboxylic acids is 1. The molecule has 1 aromatic carbocycles. The second kappa shape index (κ2) is 6.69. The van der Waals surface area contributed by atoms with Crippen molar-refractivity contribution in [3.05, 3.63) is 29.3 Å². The van der Waals surface area contributed by atoms with Gasteiger partial charge in [-0.25, -0.2) is 0 Å². The number of halogens is 1. The van der Waals surface area contributed by atoms with Crippen LogP contribution in [0.25, 0.3) is 0 Å². The molecule has 0 amide bonds. The van der Waals surface area contributed by atoms with Crippen LogP contribution in [0.3, 0.4) is 0 Å². The van der Waals surface area contributed by atoms with Crippen LogP contribution in [-0.2, 0) is 14.3 Å². The Hall–Kier alpha value is -0.550. The van der Waals surface area contributed by atoms with E-state index >= 15 is 0 Å². The zero-order chi connectivity index (χ0) is 14.7. The van der Waals surface area contributed by atoms with E-state index in [4.69, 9.17) is 21.1 Å². The fraction of sp³-hybridized carbons (Fsp3) is 0.562. The van der Waals surface area contributed by atoms with Crippen LogP contribution in [0.1, 0.15) is 19.3 Å². The molecule has 2 heterocycles. The Morgan fingerprint density at radius 3 is 3.10 bits per heavy atom. The molecule has 1 spiro atoms. The Kier molecular flexibility index (Phi) is 4.89. The molecule has 114 valence electrons. The minimum atomic E-state index is -0.195. The third kappa shape index (κ3) is 3.81. The molecule has 0 saturated carbocycles. The van der Waals surface area contributed by atoms with E-state index in [1.165, 1.54) is 0 Å². The van der Waals surface area contributed by atoms with Gasteiger partial charge in [0.1, 0.15) is 5.78 Å². The lowest BCUT2D eigenvalue weighted by atomic mass is 9.83. The highest BCUT2D eigenvalue weighted by atomic mass is 35.5. The highest BCUT2D eigenvalue weighted by Crippen LogP contribution is 2.36. The van der Waals surface area contributed by atoms with Gasteiger partial charge in [-0.05, 0) is 31.0 Å². The summed E-state index contributed by atoms with van der Waals surface area (Å²) in [5.74, 6) is 0.920. The van der Waals surface area contributed by atoms with Gasteiger partial charge in [-0.3, -0.25) is 4.79 Å². The maximum absolute atomic E-state index is 12.4. The van der Waals surface area contributed by atoms with E-state index in [1.54, 1.807) is 11.8 Å². The van der Waals surface area contributed by atoms with Gasteiger partial charge in [0.05, 0.1) is 18.0 Å². The molecule has 1 aromatic rings. The van der Waals surface area contributed by atoms with Crippen LogP contribution in [0.15, 0.2) is 29.2 Å². The van der Waals surface area contributed by atoms with Gasteiger partial charge in [0.25, 0.3) is 0 Å². The van der Waals surface area contributed by atoms with Crippen molar-refractivity contribution in [1.82, 2.24) is 0 Å². The number of benzene rings is 1. The fourth-order valence-corrected chi connectivity index (χ4v) is 4.18. The van der Waals surface area contributed by atoms with Crippen LogP contribution in [0.4, 0.5) is 0 Å². The van der Waals surface area contributed by atoms with Crippen molar-refractivity contribution in [1.29, 1.82) is 0 Å². The number of ketones is 1. The number of carbonyl (C=O) groups is 1. The summed E-state index contributed by atoms with van der Waals surface area (Å²) in [5, 5.41) is 0.709. The molecular weight excluding hydrogens is 308 g/mol. The first kappa shape index (κ1) is 15.3. The standard InChI is InChI=1S/C16H19ClO3S/c17-13-2-1-3-14(8-13)21-10-15(18)12-4-6-20-16(9-12)5-7-19-11-16/h1-3,8,12H,4-7,9-11H2. The molecule has 2 aliphatic rings. The predicted octanol–water partition coefficient (Wildman–Crippen LogP) is 3.59. The summed E-state index contributed by atoms with van der Waals surface area (Å²) in [6, 6.07) is 7.64. The summed E-state index contributed by atoms with van der Waals surface area (Å²) in [7, 11) is 0. The van der Waals surface area contributed by atoms with Gasteiger partial charge in [0.15, 0.2) is 0 Å². The van der Waals surface area contributed by atoms with E-state index in [9.17, 15) is 4.79 Å². The first-order valence-electron chi connectivity index (χ1n) is 7.30. The third-order valence-corrected chi connectivity index (χ3v) is 5.44. The van der Waals surface area contributed by atoms with E-state index < -0.39 is 0 Å². The second-order valence-electron chi connectivity index (χ2n) is 5.74. The lowest BCUT2D eigenvalue weighted by Gasteiger charge is -2.36. The SMILES string of the molecule is O=C(CSc1cccc(Cl)c1)C1CCOC2(CCOC2)C1. The molecule has 21 heavy (non-hydrogen) atoms. The molecule has 0 aliphatic carbocycles. The van der Waals surface area contributed by atoms with Crippen LogP contribution in [0, 0.1) is 5.92 Å². The van der Waals surface area contributed by atoms with E-state index in [2.05, 4.69) is 0 Å². The molecule has 2 atom stereocenters. The van der Waals surface area contributed by atoms with Crippen LogP contribution < -0.4 is 0 Å². The third-order valence-electron chi connectivity index (χ3n) is 4.19. The summed E-state index contributed by atoms with van der Waals surface area (Å²) in [6.45, 7) is 2.05. The van der Waals surface area contributed by atoms with Gasteiger partial charge in [-0.15, -0.1) is 11.8 Å². The minimum Gasteiger partial charge on any atom is -0.378 e. The molecular formula is C16H19ClO3S. The zero-order valence-corrected chi connectivity index (χ0v) is 13.4. The zero-order valence-electron chi connectivity index (χ0n) is 11.8. The van der Waals surface area contributed by atoms with Gasteiger partial charge in [0, 0.05) is 35.5 Å². The van der Waals surface area contributed by atoms with Crippen LogP contribution >= 0.6 is 23.4 Å². The molecule has 0 N–H and O–H groups in total. The van der Waals surface area contributed by atoms with Crippen molar-refractivity contribution in [3.63, 3.8) is 0 Å². The van der Waals surface area contributed by atoms with Crippen molar-refractivity contribution < 1.29 is 14.3 Å². The fourth-order valence-electron chi connectivity index (χ4n) is 2.99. The Balaban J connectivity index is 1.55.